The number of nitrogens with zero attached hydrogens (tertiary/aromatic N) is 6. The fourth-order valence-corrected chi connectivity index (χ4v) is 5.03. The molecule has 210 valence electrons. The number of ether oxygens (including phenoxy) is 3. The number of hydrogen-bond donors (Lipinski definition) is 2. The monoisotopic (exact) mass is 554 g/mol. The average molecular weight is 555 g/mol. The Morgan fingerprint density at radius 1 is 0.902 bits per heavy atom. The van der Waals surface area contributed by atoms with E-state index in [9.17, 15) is 4.79 Å². The molecule has 1 aliphatic heterocycles. The predicted octanol–water partition coefficient (Wildman–Crippen LogP) is 4.51. The smallest absolute Gasteiger partial charge is 0.232 e. The summed E-state index contributed by atoms with van der Waals surface area (Å²) >= 11 is 0. The van der Waals surface area contributed by atoms with Gasteiger partial charge < -0.3 is 34.3 Å². The number of carbonyl (C=O) groups excluding carboxylic acids is 1. The number of rotatable bonds is 10. The van der Waals surface area contributed by atoms with Crippen LogP contribution < -0.4 is 24.8 Å². The lowest BCUT2D eigenvalue weighted by Crippen LogP contribution is -2.28. The quantitative estimate of drug-likeness (QED) is 0.254. The summed E-state index contributed by atoms with van der Waals surface area (Å²) in [7, 11) is 4.69. The van der Waals surface area contributed by atoms with E-state index in [1.165, 1.54) is 0 Å². The summed E-state index contributed by atoms with van der Waals surface area (Å²) in [5.41, 5.74) is 1.85. The van der Waals surface area contributed by atoms with Crippen LogP contribution in [-0.2, 0) is 11.3 Å². The molecule has 2 aromatic carbocycles. The minimum absolute atomic E-state index is 0.179. The van der Waals surface area contributed by atoms with Crippen LogP contribution in [0.1, 0.15) is 12.8 Å². The van der Waals surface area contributed by atoms with Gasteiger partial charge in [-0.15, -0.1) is 0 Å². The van der Waals surface area contributed by atoms with Gasteiger partial charge in [-0.3, -0.25) is 4.79 Å². The van der Waals surface area contributed by atoms with E-state index in [4.69, 9.17) is 24.2 Å². The Morgan fingerprint density at radius 3 is 2.44 bits per heavy atom. The fraction of sp³-hybridized carbons (Fsp3) is 0.276. The number of nitrogens with one attached hydrogen (secondary N) is 2. The number of pyridine rings is 1. The molecule has 4 heterocycles. The van der Waals surface area contributed by atoms with Gasteiger partial charge in [0.2, 0.25) is 17.6 Å². The highest BCUT2D eigenvalue weighted by molar-refractivity contribution is 5.93. The molecule has 12 nitrogen and oxygen atoms in total. The summed E-state index contributed by atoms with van der Waals surface area (Å²) in [5.74, 6) is 3.11. The molecule has 5 aromatic rings. The van der Waals surface area contributed by atoms with Gasteiger partial charge in [0.15, 0.2) is 28.5 Å². The molecule has 6 rings (SSSR count). The summed E-state index contributed by atoms with van der Waals surface area (Å²) in [6, 6.07) is 13.5. The van der Waals surface area contributed by atoms with E-state index in [1.807, 2.05) is 39.8 Å². The maximum absolute atomic E-state index is 12.2. The highest BCUT2D eigenvalue weighted by Gasteiger charge is 2.21. The zero-order valence-corrected chi connectivity index (χ0v) is 23.0. The van der Waals surface area contributed by atoms with Crippen LogP contribution in [0.25, 0.3) is 21.9 Å². The number of anilines is 4. The van der Waals surface area contributed by atoms with E-state index in [0.717, 1.165) is 23.7 Å². The number of methoxy groups -OCH3 is 3. The van der Waals surface area contributed by atoms with Crippen molar-refractivity contribution >= 4 is 51.1 Å². The molecular weight excluding hydrogens is 524 g/mol. The Morgan fingerprint density at radius 2 is 1.71 bits per heavy atom. The van der Waals surface area contributed by atoms with E-state index in [0.29, 0.717) is 71.2 Å². The van der Waals surface area contributed by atoms with Gasteiger partial charge in [0.25, 0.3) is 0 Å². The number of carbonyl (C=O) groups is 1. The minimum Gasteiger partial charge on any atom is -0.493 e. The maximum atomic E-state index is 12.2. The predicted molar refractivity (Wildman–Crippen MR) is 156 cm³/mol. The molecule has 1 aliphatic rings. The van der Waals surface area contributed by atoms with Gasteiger partial charge in [0, 0.05) is 55.5 Å². The second-order valence-electron chi connectivity index (χ2n) is 9.54. The molecule has 2 N–H and O–H groups in total. The fourth-order valence-electron chi connectivity index (χ4n) is 5.03. The maximum Gasteiger partial charge on any atom is 0.232 e. The molecule has 0 unspecified atom stereocenters. The summed E-state index contributed by atoms with van der Waals surface area (Å²) < 4.78 is 18.5. The second-order valence-corrected chi connectivity index (χ2v) is 9.54. The second kappa shape index (κ2) is 11.2. The third-order valence-electron chi connectivity index (χ3n) is 7.08. The Kier molecular flexibility index (Phi) is 7.11. The lowest BCUT2D eigenvalue weighted by molar-refractivity contribution is -0.127. The van der Waals surface area contributed by atoms with Crippen LogP contribution in [0.3, 0.4) is 0 Å². The minimum atomic E-state index is 0.179. The summed E-state index contributed by atoms with van der Waals surface area (Å²) in [6.07, 6.45) is 4.96. The number of hydrogen-bond acceptors (Lipinski definition) is 10. The zero-order chi connectivity index (χ0) is 28.3. The van der Waals surface area contributed by atoms with Crippen molar-refractivity contribution in [2.45, 2.75) is 19.4 Å². The third-order valence-corrected chi connectivity index (χ3v) is 7.08. The van der Waals surface area contributed by atoms with Crippen molar-refractivity contribution < 1.29 is 19.0 Å². The summed E-state index contributed by atoms with van der Waals surface area (Å²) in [5, 5.41) is 8.65. The third kappa shape index (κ3) is 5.11. The largest absolute Gasteiger partial charge is 0.493 e. The van der Waals surface area contributed by atoms with Crippen LogP contribution in [0.2, 0.25) is 0 Å². The van der Waals surface area contributed by atoms with E-state index in [2.05, 4.69) is 20.6 Å². The highest BCUT2D eigenvalue weighted by atomic mass is 16.5. The van der Waals surface area contributed by atoms with Crippen LogP contribution in [-0.4, -0.2) is 69.7 Å². The Labute approximate surface area is 236 Å². The van der Waals surface area contributed by atoms with Gasteiger partial charge in [-0.25, -0.2) is 9.97 Å². The van der Waals surface area contributed by atoms with Crippen LogP contribution >= 0.6 is 0 Å². The van der Waals surface area contributed by atoms with Crippen molar-refractivity contribution in [2.24, 2.45) is 0 Å². The Hall–Kier alpha value is -5.13. The number of amides is 1. The number of aromatic nitrogens is 5. The summed E-state index contributed by atoms with van der Waals surface area (Å²) in [6.45, 7) is 1.90. The van der Waals surface area contributed by atoms with Gasteiger partial charge >= 0.3 is 0 Å². The average Bonchev–Trinajstić information content (AvgIpc) is 3.61. The van der Waals surface area contributed by atoms with Gasteiger partial charge in [-0.1, -0.05) is 24.3 Å². The first-order valence-corrected chi connectivity index (χ1v) is 13.3. The van der Waals surface area contributed by atoms with Crippen molar-refractivity contribution in [3.05, 3.63) is 55.0 Å². The van der Waals surface area contributed by atoms with Crippen LogP contribution in [0.4, 0.5) is 23.3 Å². The first-order chi connectivity index (χ1) is 20.1. The number of fused-ring (bicyclic) bond motifs is 2. The normalized spacial score (nSPS) is 13.1. The van der Waals surface area contributed by atoms with Crippen LogP contribution in [0, 0.1) is 0 Å². The first kappa shape index (κ1) is 26.1. The van der Waals surface area contributed by atoms with E-state index in [-0.39, 0.29) is 5.91 Å². The van der Waals surface area contributed by atoms with Crippen LogP contribution in [0.15, 0.2) is 55.0 Å². The van der Waals surface area contributed by atoms with Crippen molar-refractivity contribution in [3.8, 4) is 17.2 Å². The van der Waals surface area contributed by atoms with Gasteiger partial charge in [0.05, 0.1) is 27.7 Å². The van der Waals surface area contributed by atoms with Crippen molar-refractivity contribution in [1.82, 2.24) is 29.4 Å². The van der Waals surface area contributed by atoms with E-state index in [1.54, 1.807) is 46.0 Å². The number of likely N-dealkylation sites (tertiary alicyclic amines) is 1. The molecule has 0 saturated carbocycles. The van der Waals surface area contributed by atoms with Crippen molar-refractivity contribution in [2.75, 3.05) is 45.1 Å². The SMILES string of the molecule is COc1cc(Nc2nc(Nc3nccc4ccccc34)nc3c2ncn3CCN2CCCC2=O)cc(OC)c1OC. The Balaban J connectivity index is 1.41. The lowest BCUT2D eigenvalue weighted by atomic mass is 10.1. The molecule has 12 heteroatoms. The number of benzene rings is 2. The standard InChI is InChI=1S/C29H30N8O4/c1-39-21-15-19(16-22(40-2)25(21)41-3)32-27-24-28(37(17-31-24)14-13-36-12-6-9-23(36)38)35-29(34-27)33-26-20-8-5-4-7-18(20)10-11-30-26/h4-5,7-8,10-11,15-17H,6,9,12-14H2,1-3H3,(H2,30,32,33,34,35). The molecular formula is C29H30N8O4. The first-order valence-electron chi connectivity index (χ1n) is 13.3. The molecule has 1 amide bonds. The molecule has 41 heavy (non-hydrogen) atoms. The molecule has 0 aliphatic carbocycles. The zero-order valence-electron chi connectivity index (χ0n) is 23.0. The van der Waals surface area contributed by atoms with Crippen molar-refractivity contribution in [1.29, 1.82) is 0 Å². The highest BCUT2D eigenvalue weighted by Crippen LogP contribution is 2.41. The molecule has 1 fully saturated rings. The molecule has 0 radical (unpaired) electrons. The Bertz CT molecular complexity index is 1710. The van der Waals surface area contributed by atoms with E-state index >= 15 is 0 Å². The van der Waals surface area contributed by atoms with Gasteiger partial charge in [-0.2, -0.15) is 9.97 Å². The summed E-state index contributed by atoms with van der Waals surface area (Å²) in [4.78, 5) is 32.9. The molecule has 0 spiro atoms. The van der Waals surface area contributed by atoms with E-state index < -0.39 is 0 Å². The number of imidazole rings is 1. The lowest BCUT2D eigenvalue weighted by Gasteiger charge is -2.16. The molecule has 0 bridgehead atoms. The molecule has 3 aromatic heterocycles. The van der Waals surface area contributed by atoms with Crippen molar-refractivity contribution in [3.63, 3.8) is 0 Å². The topological polar surface area (TPSA) is 129 Å². The molecule has 1 saturated heterocycles. The van der Waals surface area contributed by atoms with Gasteiger partial charge in [0.1, 0.15) is 5.82 Å². The van der Waals surface area contributed by atoms with Gasteiger partial charge in [-0.05, 0) is 17.9 Å². The molecule has 0 atom stereocenters. The van der Waals surface area contributed by atoms with Crippen LogP contribution in [0.5, 0.6) is 17.2 Å².